The number of halogens is 2. The molecule has 0 amide bonds. The molecule has 0 N–H and O–H groups in total. The second-order valence-electron chi connectivity index (χ2n) is 1.97. The molecule has 2 unspecified atom stereocenters. The van der Waals surface area contributed by atoms with E-state index in [4.69, 9.17) is 0 Å². The molecule has 0 aromatic heterocycles. The van der Waals surface area contributed by atoms with Crippen molar-refractivity contribution in [2.75, 3.05) is 0 Å². The van der Waals surface area contributed by atoms with Crippen LogP contribution in [0.1, 0.15) is 0 Å². The Morgan fingerprint density at radius 2 is 1.08 bits per heavy atom. The van der Waals surface area contributed by atoms with Crippen LogP contribution in [-0.2, 0) is 0 Å². The molecule has 0 aliphatic carbocycles. The van der Waals surface area contributed by atoms with Gasteiger partial charge in [0.25, 0.3) is 0 Å². The van der Waals surface area contributed by atoms with E-state index in [2.05, 4.69) is 37.4 Å². The standard InChI is InChI=1S/C6H8As2S2.2ClH/c7-3-1-5(9)4(8)2-6(3)10;;/h1-2,9-10H,7-8H2;2*1H. The molecule has 0 bridgehead atoms. The predicted octanol–water partition coefficient (Wildman–Crippen LogP) is -0.376. The Hall–Kier alpha value is 1.62. The van der Waals surface area contributed by atoms with Crippen LogP contribution in [0.4, 0.5) is 0 Å². The van der Waals surface area contributed by atoms with Crippen LogP contribution in [0.15, 0.2) is 21.9 Å². The van der Waals surface area contributed by atoms with Crippen LogP contribution in [0, 0.1) is 0 Å². The third-order valence-electron chi connectivity index (χ3n) is 1.18. The summed E-state index contributed by atoms with van der Waals surface area (Å²) < 4.78 is 2.50. The maximum atomic E-state index is 4.31. The quantitative estimate of drug-likeness (QED) is 0.454. The summed E-state index contributed by atoms with van der Waals surface area (Å²) in [5.41, 5.74) is 0. The fourth-order valence-corrected chi connectivity index (χ4v) is 2.65. The van der Waals surface area contributed by atoms with Crippen LogP contribution in [-0.4, -0.2) is 33.7 Å². The summed E-state index contributed by atoms with van der Waals surface area (Å²) in [5, 5.41) is 0. The Morgan fingerprint density at radius 1 is 0.833 bits per heavy atom. The van der Waals surface area contributed by atoms with Crippen LogP contribution in [0.25, 0.3) is 0 Å². The zero-order valence-corrected chi connectivity index (χ0v) is 14.3. The van der Waals surface area contributed by atoms with E-state index in [-0.39, 0.29) is 24.8 Å². The molecular weight excluding hydrogens is 357 g/mol. The van der Waals surface area contributed by atoms with Crippen molar-refractivity contribution in [3.63, 3.8) is 0 Å². The van der Waals surface area contributed by atoms with Crippen molar-refractivity contribution in [1.29, 1.82) is 0 Å². The first-order chi connectivity index (χ1) is 4.61. The van der Waals surface area contributed by atoms with Crippen molar-refractivity contribution in [2.45, 2.75) is 9.79 Å². The first-order valence-electron chi connectivity index (χ1n) is 2.68. The van der Waals surface area contributed by atoms with Gasteiger partial charge >= 0.3 is 89.6 Å². The minimum atomic E-state index is 0. The summed E-state index contributed by atoms with van der Waals surface area (Å²) in [6.45, 7) is 0. The Kier molecular flexibility index (Phi) is 9.34. The van der Waals surface area contributed by atoms with E-state index in [1.54, 1.807) is 33.7 Å². The molecule has 0 saturated carbocycles. The summed E-state index contributed by atoms with van der Waals surface area (Å²) in [6, 6.07) is 4.14. The molecule has 0 heterocycles. The van der Waals surface area contributed by atoms with Crippen molar-refractivity contribution < 1.29 is 0 Å². The first-order valence-corrected chi connectivity index (χ1v) is 6.00. The normalized spacial score (nSPS) is 8.33. The van der Waals surface area contributed by atoms with E-state index in [9.17, 15) is 0 Å². The number of benzene rings is 1. The molecule has 0 radical (unpaired) electrons. The van der Waals surface area contributed by atoms with Crippen molar-refractivity contribution >= 4 is 92.5 Å². The summed E-state index contributed by atoms with van der Waals surface area (Å²) in [4.78, 5) is 2.16. The SMILES string of the molecule is Cl.Cl.Sc1cc([AsH2])c(S)cc1[AsH2]. The monoisotopic (exact) mass is 366 g/mol. The van der Waals surface area contributed by atoms with Gasteiger partial charge in [-0.05, 0) is 0 Å². The molecular formula is C6H10As2Cl2S2. The molecule has 1 rings (SSSR count). The molecule has 0 saturated heterocycles. The molecule has 1 aromatic rings. The molecule has 0 nitrogen and oxygen atoms in total. The van der Waals surface area contributed by atoms with E-state index in [1.807, 2.05) is 0 Å². The number of hydrogen-bond acceptors (Lipinski definition) is 2. The third-order valence-corrected chi connectivity index (χ3v) is 4.97. The molecule has 0 spiro atoms. The van der Waals surface area contributed by atoms with Crippen LogP contribution < -0.4 is 8.70 Å². The molecule has 1 aromatic carbocycles. The molecule has 12 heavy (non-hydrogen) atoms. The fourth-order valence-electron chi connectivity index (χ4n) is 0.609. The topological polar surface area (TPSA) is 0 Å². The van der Waals surface area contributed by atoms with Gasteiger partial charge in [0.15, 0.2) is 0 Å². The van der Waals surface area contributed by atoms with Gasteiger partial charge in [0.05, 0.1) is 0 Å². The summed E-state index contributed by atoms with van der Waals surface area (Å²) >= 11 is 11.8. The predicted molar refractivity (Wildman–Crippen MR) is 71.8 cm³/mol. The summed E-state index contributed by atoms with van der Waals surface area (Å²) in [7, 11) is 0. The molecule has 6 heteroatoms. The average molecular weight is 367 g/mol. The zero-order chi connectivity index (χ0) is 7.72. The van der Waals surface area contributed by atoms with E-state index in [1.165, 1.54) is 8.70 Å². The van der Waals surface area contributed by atoms with E-state index in [0.717, 1.165) is 9.79 Å². The van der Waals surface area contributed by atoms with Gasteiger partial charge in [-0.25, -0.2) is 0 Å². The van der Waals surface area contributed by atoms with Gasteiger partial charge in [0.1, 0.15) is 0 Å². The second kappa shape index (κ2) is 6.98. The zero-order valence-electron chi connectivity index (χ0n) is 6.02. The van der Waals surface area contributed by atoms with Crippen LogP contribution in [0.5, 0.6) is 0 Å². The molecule has 0 aliphatic rings. The molecule has 2 atom stereocenters. The third kappa shape index (κ3) is 4.22. The van der Waals surface area contributed by atoms with Crippen LogP contribution >= 0.6 is 50.1 Å². The van der Waals surface area contributed by atoms with E-state index in [0.29, 0.717) is 0 Å². The van der Waals surface area contributed by atoms with Crippen LogP contribution in [0.3, 0.4) is 0 Å². The van der Waals surface area contributed by atoms with Gasteiger partial charge in [-0.2, -0.15) is 0 Å². The molecule has 0 fully saturated rings. The number of hydrogen-bond donors (Lipinski definition) is 2. The average Bonchev–Trinajstić information content (AvgIpc) is 1.84. The first kappa shape index (κ1) is 16.1. The van der Waals surface area contributed by atoms with Crippen molar-refractivity contribution in [3.8, 4) is 0 Å². The van der Waals surface area contributed by atoms with Gasteiger partial charge in [0.2, 0.25) is 0 Å². The van der Waals surface area contributed by atoms with Gasteiger partial charge < -0.3 is 0 Å². The van der Waals surface area contributed by atoms with Crippen molar-refractivity contribution in [3.05, 3.63) is 12.1 Å². The van der Waals surface area contributed by atoms with Gasteiger partial charge in [-0.3, -0.25) is 0 Å². The Balaban J connectivity index is 0. The van der Waals surface area contributed by atoms with Gasteiger partial charge in [-0.15, -0.1) is 24.8 Å². The van der Waals surface area contributed by atoms with Crippen molar-refractivity contribution in [1.82, 2.24) is 0 Å². The Labute approximate surface area is 113 Å². The van der Waals surface area contributed by atoms with E-state index >= 15 is 0 Å². The Bertz CT molecular complexity index is 218. The van der Waals surface area contributed by atoms with E-state index < -0.39 is 0 Å². The van der Waals surface area contributed by atoms with Gasteiger partial charge in [-0.1, -0.05) is 0 Å². The van der Waals surface area contributed by atoms with Gasteiger partial charge in [0, 0.05) is 0 Å². The fraction of sp³-hybridized carbons (Fsp3) is 0. The maximum absolute atomic E-state index is 4.31. The second-order valence-corrected chi connectivity index (χ2v) is 5.54. The molecule has 70 valence electrons. The molecule has 0 aliphatic heterocycles. The number of thiol groups is 2. The minimum absolute atomic E-state index is 0. The summed E-state index contributed by atoms with van der Waals surface area (Å²) in [6.07, 6.45) is 0. The number of rotatable bonds is 0. The Morgan fingerprint density at radius 3 is 1.33 bits per heavy atom. The van der Waals surface area contributed by atoms with Crippen molar-refractivity contribution in [2.24, 2.45) is 0 Å². The van der Waals surface area contributed by atoms with Crippen LogP contribution in [0.2, 0.25) is 0 Å². The summed E-state index contributed by atoms with van der Waals surface area (Å²) in [5.74, 6) is 0.